The van der Waals surface area contributed by atoms with Crippen LogP contribution in [0.2, 0.25) is 0 Å². The molecule has 10 heteroatoms. The monoisotopic (exact) mass is 648 g/mol. The van der Waals surface area contributed by atoms with Crippen molar-refractivity contribution >= 4 is 27.5 Å². The fraction of sp³-hybridized carbons (Fsp3) is 0.444. The molecule has 1 aliphatic rings. The van der Waals surface area contributed by atoms with Crippen molar-refractivity contribution in [2.24, 2.45) is 5.92 Å². The van der Waals surface area contributed by atoms with Crippen LogP contribution in [-0.4, -0.2) is 55.8 Å². The lowest BCUT2D eigenvalue weighted by Gasteiger charge is -2.31. The number of anilines is 1. The molecular formula is C36H48N4O5S. The summed E-state index contributed by atoms with van der Waals surface area (Å²) in [7, 11) is -3.69. The summed E-state index contributed by atoms with van der Waals surface area (Å²) >= 11 is 0. The van der Waals surface area contributed by atoms with Crippen LogP contribution in [0.5, 0.6) is 0 Å². The fourth-order valence-electron chi connectivity index (χ4n) is 5.96. The van der Waals surface area contributed by atoms with Gasteiger partial charge >= 0.3 is 0 Å². The highest BCUT2D eigenvalue weighted by atomic mass is 32.2. The zero-order valence-corrected chi connectivity index (χ0v) is 27.9. The van der Waals surface area contributed by atoms with Crippen LogP contribution in [0.3, 0.4) is 0 Å². The summed E-state index contributed by atoms with van der Waals surface area (Å²) in [5.74, 6) is -0.590. The number of hydrogen-bond donors (Lipinski definition) is 5. The van der Waals surface area contributed by atoms with Gasteiger partial charge < -0.3 is 21.1 Å². The maximum absolute atomic E-state index is 13.8. The Morgan fingerprint density at radius 2 is 1.43 bits per heavy atom. The molecule has 4 atom stereocenters. The van der Waals surface area contributed by atoms with Crippen LogP contribution in [-0.2, 0) is 16.4 Å². The predicted octanol–water partition coefficient (Wildman–Crippen LogP) is 5.20. The SMILES string of the molecule is CCS(=O)(=O)Nc1cc(C(=O)NC(C)c2ccccc2)cc(C(=O)NC(Cc2ccccc2)C(O)CNC(C)C2CCCCC2)c1. The standard InChI is InChI=1S/C36H48N4O5S/c1-4-46(44,45)40-32-22-30(35(42)38-26(3)29-18-12-7-13-19-29)21-31(23-32)36(43)39-33(20-27-14-8-5-9-15-27)34(41)24-37-25(2)28-16-10-6-11-17-28/h5,7-9,12-15,18-19,21-23,25-26,28,33-34,37,40-41H,4,6,10-11,16-17,20,24H2,1-3H3,(H,38,42)(H,39,43). The van der Waals surface area contributed by atoms with Gasteiger partial charge in [-0.05, 0) is 75.3 Å². The Balaban J connectivity index is 1.56. The lowest BCUT2D eigenvalue weighted by Crippen LogP contribution is -2.50. The van der Waals surface area contributed by atoms with Gasteiger partial charge in [-0.15, -0.1) is 0 Å². The Kier molecular flexibility index (Phi) is 12.8. The summed E-state index contributed by atoms with van der Waals surface area (Å²) < 4.78 is 27.4. The van der Waals surface area contributed by atoms with Crippen molar-refractivity contribution in [2.75, 3.05) is 17.0 Å². The molecule has 3 aromatic rings. The summed E-state index contributed by atoms with van der Waals surface area (Å²) in [6.45, 7) is 5.81. The lowest BCUT2D eigenvalue weighted by atomic mass is 9.84. The van der Waals surface area contributed by atoms with E-state index in [0.717, 1.165) is 11.1 Å². The largest absolute Gasteiger partial charge is 0.390 e. The molecule has 0 spiro atoms. The molecule has 3 aromatic carbocycles. The molecule has 1 fully saturated rings. The smallest absolute Gasteiger partial charge is 0.251 e. The fourth-order valence-corrected chi connectivity index (χ4v) is 6.58. The zero-order chi connectivity index (χ0) is 33.1. The first-order valence-corrected chi connectivity index (χ1v) is 18.0. The first kappa shape index (κ1) is 35.1. The number of carbonyl (C=O) groups is 2. The van der Waals surface area contributed by atoms with E-state index in [1.165, 1.54) is 57.2 Å². The molecule has 1 saturated carbocycles. The van der Waals surface area contributed by atoms with Crippen LogP contribution in [0, 0.1) is 5.92 Å². The van der Waals surface area contributed by atoms with E-state index in [4.69, 9.17) is 0 Å². The van der Waals surface area contributed by atoms with Crippen LogP contribution < -0.4 is 20.7 Å². The average molecular weight is 649 g/mol. The van der Waals surface area contributed by atoms with Gasteiger partial charge in [-0.2, -0.15) is 0 Å². The van der Waals surface area contributed by atoms with E-state index < -0.39 is 34.0 Å². The summed E-state index contributed by atoms with van der Waals surface area (Å²) in [6.07, 6.45) is 5.56. The molecule has 0 bridgehead atoms. The first-order chi connectivity index (χ1) is 22.0. The highest BCUT2D eigenvalue weighted by molar-refractivity contribution is 7.92. The van der Waals surface area contributed by atoms with E-state index in [1.807, 2.05) is 67.6 Å². The minimum absolute atomic E-state index is 0.0996. The number of benzene rings is 3. The molecule has 9 nitrogen and oxygen atoms in total. The van der Waals surface area contributed by atoms with Crippen molar-refractivity contribution in [1.29, 1.82) is 0 Å². The van der Waals surface area contributed by atoms with Crippen molar-refractivity contribution in [3.63, 3.8) is 0 Å². The highest BCUT2D eigenvalue weighted by Crippen LogP contribution is 2.26. The molecule has 4 unspecified atom stereocenters. The molecule has 0 aromatic heterocycles. The van der Waals surface area contributed by atoms with Crippen molar-refractivity contribution in [3.05, 3.63) is 101 Å². The number of amides is 2. The van der Waals surface area contributed by atoms with E-state index in [1.54, 1.807) is 0 Å². The maximum Gasteiger partial charge on any atom is 0.251 e. The van der Waals surface area contributed by atoms with E-state index in [2.05, 4.69) is 27.6 Å². The number of hydrogen-bond acceptors (Lipinski definition) is 6. The van der Waals surface area contributed by atoms with Crippen molar-refractivity contribution < 1.29 is 23.1 Å². The zero-order valence-electron chi connectivity index (χ0n) is 27.0. The minimum Gasteiger partial charge on any atom is -0.390 e. The Labute approximate surface area is 273 Å². The molecule has 248 valence electrons. The number of aliphatic hydroxyl groups excluding tert-OH is 1. The molecule has 4 rings (SSSR count). The van der Waals surface area contributed by atoms with Gasteiger partial charge in [0.15, 0.2) is 0 Å². The van der Waals surface area contributed by atoms with Gasteiger partial charge in [0, 0.05) is 23.7 Å². The lowest BCUT2D eigenvalue weighted by molar-refractivity contribution is 0.0817. The van der Waals surface area contributed by atoms with Crippen LogP contribution in [0.25, 0.3) is 0 Å². The second kappa shape index (κ2) is 16.7. The number of aliphatic hydroxyl groups is 1. The van der Waals surface area contributed by atoms with Gasteiger partial charge in [-0.25, -0.2) is 8.42 Å². The van der Waals surface area contributed by atoms with Crippen molar-refractivity contribution in [2.45, 2.75) is 83.5 Å². The highest BCUT2D eigenvalue weighted by Gasteiger charge is 2.26. The summed E-state index contributed by atoms with van der Waals surface area (Å²) in [4.78, 5) is 27.2. The van der Waals surface area contributed by atoms with Gasteiger partial charge in [0.1, 0.15) is 0 Å². The molecule has 0 aliphatic heterocycles. The quantitative estimate of drug-likeness (QED) is 0.154. The van der Waals surface area contributed by atoms with Crippen molar-refractivity contribution in [1.82, 2.24) is 16.0 Å². The summed E-state index contributed by atoms with van der Waals surface area (Å²) in [5.41, 5.74) is 2.19. The molecule has 0 heterocycles. The van der Waals surface area contributed by atoms with Crippen molar-refractivity contribution in [3.8, 4) is 0 Å². The van der Waals surface area contributed by atoms with Crippen LogP contribution >= 0.6 is 0 Å². The molecule has 0 saturated heterocycles. The molecule has 46 heavy (non-hydrogen) atoms. The van der Waals surface area contributed by atoms with Gasteiger partial charge in [0.25, 0.3) is 11.8 Å². The third-order valence-corrected chi connectivity index (χ3v) is 10.2. The van der Waals surface area contributed by atoms with E-state index in [0.29, 0.717) is 18.9 Å². The molecular weight excluding hydrogens is 600 g/mol. The topological polar surface area (TPSA) is 137 Å². The number of sulfonamides is 1. The third-order valence-electron chi connectivity index (χ3n) is 8.84. The van der Waals surface area contributed by atoms with Crippen LogP contribution in [0.1, 0.15) is 90.8 Å². The summed E-state index contributed by atoms with van der Waals surface area (Å²) in [6, 6.07) is 22.6. The van der Waals surface area contributed by atoms with Crippen LogP contribution in [0.15, 0.2) is 78.9 Å². The molecule has 2 amide bonds. The second-order valence-corrected chi connectivity index (χ2v) is 14.4. The van der Waals surface area contributed by atoms with Gasteiger partial charge in [0.05, 0.1) is 29.6 Å². The third kappa shape index (κ3) is 10.4. The van der Waals surface area contributed by atoms with E-state index in [9.17, 15) is 23.1 Å². The molecule has 0 radical (unpaired) electrons. The minimum atomic E-state index is -3.69. The van der Waals surface area contributed by atoms with Gasteiger partial charge in [0.2, 0.25) is 10.0 Å². The van der Waals surface area contributed by atoms with Crippen LogP contribution in [0.4, 0.5) is 5.69 Å². The van der Waals surface area contributed by atoms with E-state index in [-0.39, 0.29) is 34.7 Å². The summed E-state index contributed by atoms with van der Waals surface area (Å²) in [5, 5.41) is 20.8. The molecule has 5 N–H and O–H groups in total. The van der Waals surface area contributed by atoms with E-state index >= 15 is 0 Å². The van der Waals surface area contributed by atoms with Gasteiger partial charge in [-0.3, -0.25) is 14.3 Å². The first-order valence-electron chi connectivity index (χ1n) is 16.3. The van der Waals surface area contributed by atoms with Gasteiger partial charge in [-0.1, -0.05) is 79.9 Å². The Morgan fingerprint density at radius 3 is 2.04 bits per heavy atom. The Bertz CT molecular complexity index is 1530. The second-order valence-electron chi connectivity index (χ2n) is 12.3. The Morgan fingerprint density at radius 1 is 0.848 bits per heavy atom. The number of rotatable bonds is 15. The predicted molar refractivity (Wildman–Crippen MR) is 183 cm³/mol. The maximum atomic E-state index is 13.8. The normalized spacial score (nSPS) is 16.5. The number of nitrogens with one attached hydrogen (secondary N) is 4. The Hall–Kier alpha value is -3.73. The average Bonchev–Trinajstić information content (AvgIpc) is 3.07. The molecule has 1 aliphatic carbocycles. The number of carbonyl (C=O) groups excluding carboxylic acids is 2.